The van der Waals surface area contributed by atoms with Gasteiger partial charge in [0.1, 0.15) is 6.26 Å². The number of alkyl halides is 3. The van der Waals surface area contributed by atoms with Crippen LogP contribution in [0.2, 0.25) is 0 Å². The summed E-state index contributed by atoms with van der Waals surface area (Å²) in [4.78, 5) is 7.65. The summed E-state index contributed by atoms with van der Waals surface area (Å²) in [5.74, 6) is 0. The third kappa shape index (κ3) is 5.20. The van der Waals surface area contributed by atoms with E-state index in [0.717, 1.165) is 18.7 Å². The topological polar surface area (TPSA) is 44.5 Å². The first-order valence-corrected chi connectivity index (χ1v) is 7.17. The number of anilines is 1. The number of nitrogens with zero attached hydrogens (tertiary/aromatic N) is 3. The van der Waals surface area contributed by atoms with E-state index < -0.39 is 12.7 Å². The lowest BCUT2D eigenvalue weighted by molar-refractivity contribution is -0.146. The number of nitrogens with one attached hydrogen (secondary N) is 1. The lowest BCUT2D eigenvalue weighted by Gasteiger charge is -2.34. The van der Waals surface area contributed by atoms with Gasteiger partial charge in [0.2, 0.25) is 0 Å². The van der Waals surface area contributed by atoms with E-state index in [1.165, 1.54) is 4.90 Å². The molecular formula is C13H21F3N4O. The molecule has 120 valence electrons. The van der Waals surface area contributed by atoms with Gasteiger partial charge in [0, 0.05) is 32.7 Å². The smallest absolute Gasteiger partial charge is 0.401 e. The molecule has 2 rings (SSSR count). The van der Waals surface area contributed by atoms with E-state index in [2.05, 4.69) is 17.2 Å². The third-order valence-corrected chi connectivity index (χ3v) is 3.32. The fourth-order valence-electron chi connectivity index (χ4n) is 2.27. The number of aromatic nitrogens is 1. The molecule has 5 nitrogen and oxygen atoms in total. The van der Waals surface area contributed by atoms with E-state index in [1.807, 2.05) is 4.90 Å². The average Bonchev–Trinajstić information content (AvgIpc) is 2.87. The Morgan fingerprint density at radius 1 is 1.29 bits per heavy atom. The SMILES string of the molecule is CCCNCc1coc(N2CCN(CC(F)(F)F)CC2)n1. The zero-order valence-electron chi connectivity index (χ0n) is 12.1. The summed E-state index contributed by atoms with van der Waals surface area (Å²) in [6, 6.07) is 0.495. The summed E-state index contributed by atoms with van der Waals surface area (Å²) in [5.41, 5.74) is 0.816. The molecule has 0 aromatic carbocycles. The Hall–Kier alpha value is -1.28. The van der Waals surface area contributed by atoms with Crippen LogP contribution >= 0.6 is 0 Å². The number of hydrogen-bond donors (Lipinski definition) is 1. The summed E-state index contributed by atoms with van der Waals surface area (Å²) >= 11 is 0. The van der Waals surface area contributed by atoms with Crippen molar-refractivity contribution in [2.24, 2.45) is 0 Å². The minimum Gasteiger partial charge on any atom is -0.432 e. The molecule has 8 heteroatoms. The second-order valence-electron chi connectivity index (χ2n) is 5.18. The average molecular weight is 306 g/mol. The van der Waals surface area contributed by atoms with Gasteiger partial charge >= 0.3 is 6.18 Å². The maximum Gasteiger partial charge on any atom is 0.401 e. The normalized spacial score (nSPS) is 17.4. The van der Waals surface area contributed by atoms with Crippen LogP contribution in [0.1, 0.15) is 19.0 Å². The first kappa shape index (κ1) is 16.1. The zero-order chi connectivity index (χ0) is 15.3. The van der Waals surface area contributed by atoms with Crippen molar-refractivity contribution in [3.05, 3.63) is 12.0 Å². The highest BCUT2D eigenvalue weighted by Gasteiger charge is 2.32. The lowest BCUT2D eigenvalue weighted by Crippen LogP contribution is -2.49. The van der Waals surface area contributed by atoms with Crippen molar-refractivity contribution in [3.8, 4) is 0 Å². The molecule has 0 saturated carbocycles. The second-order valence-corrected chi connectivity index (χ2v) is 5.18. The van der Waals surface area contributed by atoms with Gasteiger partial charge < -0.3 is 14.6 Å². The Morgan fingerprint density at radius 2 is 2.00 bits per heavy atom. The highest BCUT2D eigenvalue weighted by Crippen LogP contribution is 2.20. The van der Waals surface area contributed by atoms with Gasteiger partial charge in [-0.15, -0.1) is 0 Å². The molecule has 0 unspecified atom stereocenters. The van der Waals surface area contributed by atoms with Gasteiger partial charge in [0.05, 0.1) is 12.2 Å². The molecular weight excluding hydrogens is 285 g/mol. The van der Waals surface area contributed by atoms with Crippen LogP contribution in [0.25, 0.3) is 0 Å². The van der Waals surface area contributed by atoms with Crippen molar-refractivity contribution in [3.63, 3.8) is 0 Å². The molecule has 0 radical (unpaired) electrons. The van der Waals surface area contributed by atoms with Crippen LogP contribution in [0.4, 0.5) is 19.2 Å². The molecule has 1 saturated heterocycles. The highest BCUT2D eigenvalue weighted by atomic mass is 19.4. The molecule has 0 atom stereocenters. The summed E-state index contributed by atoms with van der Waals surface area (Å²) in [7, 11) is 0. The standard InChI is InChI=1S/C13H21F3N4O/c1-2-3-17-8-11-9-21-12(18-11)20-6-4-19(5-7-20)10-13(14,15)16/h9,17H,2-8,10H2,1H3. The van der Waals surface area contributed by atoms with Crippen LogP contribution < -0.4 is 10.2 Å². The van der Waals surface area contributed by atoms with Crippen LogP contribution in [0.3, 0.4) is 0 Å². The molecule has 0 spiro atoms. The molecule has 1 fully saturated rings. The van der Waals surface area contributed by atoms with Gasteiger partial charge in [-0.25, -0.2) is 0 Å². The molecule has 2 heterocycles. The van der Waals surface area contributed by atoms with E-state index in [1.54, 1.807) is 6.26 Å². The van der Waals surface area contributed by atoms with Gasteiger partial charge in [-0.2, -0.15) is 18.2 Å². The van der Waals surface area contributed by atoms with Gasteiger partial charge in [-0.1, -0.05) is 6.92 Å². The molecule has 1 N–H and O–H groups in total. The van der Waals surface area contributed by atoms with Crippen LogP contribution in [0, 0.1) is 0 Å². The van der Waals surface area contributed by atoms with E-state index in [0.29, 0.717) is 38.7 Å². The first-order chi connectivity index (χ1) is 9.98. The number of rotatable bonds is 6. The van der Waals surface area contributed by atoms with Gasteiger partial charge in [0.15, 0.2) is 0 Å². The van der Waals surface area contributed by atoms with Crippen molar-refractivity contribution < 1.29 is 17.6 Å². The lowest BCUT2D eigenvalue weighted by atomic mass is 10.3. The van der Waals surface area contributed by atoms with Crippen LogP contribution in [0.15, 0.2) is 10.7 Å². The van der Waals surface area contributed by atoms with Crippen LogP contribution in [-0.4, -0.2) is 55.3 Å². The maximum atomic E-state index is 12.3. The number of hydrogen-bond acceptors (Lipinski definition) is 5. The molecule has 0 bridgehead atoms. The predicted molar refractivity (Wildman–Crippen MR) is 73.2 cm³/mol. The molecule has 0 aliphatic carbocycles. The summed E-state index contributed by atoms with van der Waals surface area (Å²) in [5, 5.41) is 3.23. The summed E-state index contributed by atoms with van der Waals surface area (Å²) in [6.07, 6.45) is -1.49. The Labute approximate surface area is 122 Å². The first-order valence-electron chi connectivity index (χ1n) is 7.17. The van der Waals surface area contributed by atoms with Crippen LogP contribution in [-0.2, 0) is 6.54 Å². The fourth-order valence-corrected chi connectivity index (χ4v) is 2.27. The van der Waals surface area contributed by atoms with Crippen molar-refractivity contribution in [2.75, 3.05) is 44.2 Å². The highest BCUT2D eigenvalue weighted by molar-refractivity contribution is 5.28. The van der Waals surface area contributed by atoms with Gasteiger partial charge in [0.25, 0.3) is 6.01 Å². The van der Waals surface area contributed by atoms with Crippen molar-refractivity contribution >= 4 is 6.01 Å². The minimum absolute atomic E-state index is 0.366. The van der Waals surface area contributed by atoms with E-state index >= 15 is 0 Å². The number of piperazine rings is 1. The molecule has 0 amide bonds. The van der Waals surface area contributed by atoms with E-state index in [4.69, 9.17) is 4.42 Å². The van der Waals surface area contributed by atoms with E-state index in [9.17, 15) is 13.2 Å². The third-order valence-electron chi connectivity index (χ3n) is 3.32. The molecule has 21 heavy (non-hydrogen) atoms. The van der Waals surface area contributed by atoms with Crippen LogP contribution in [0.5, 0.6) is 0 Å². The fraction of sp³-hybridized carbons (Fsp3) is 0.769. The Kier molecular flexibility index (Phi) is 5.46. The van der Waals surface area contributed by atoms with Crippen molar-refractivity contribution in [1.29, 1.82) is 0 Å². The molecule has 1 aromatic heterocycles. The summed E-state index contributed by atoms with van der Waals surface area (Å²) < 4.78 is 42.4. The Morgan fingerprint density at radius 3 is 2.62 bits per heavy atom. The predicted octanol–water partition coefficient (Wildman–Crippen LogP) is 1.86. The van der Waals surface area contributed by atoms with Gasteiger partial charge in [-0.05, 0) is 13.0 Å². The van der Waals surface area contributed by atoms with E-state index in [-0.39, 0.29) is 0 Å². The van der Waals surface area contributed by atoms with Crippen molar-refractivity contribution in [2.45, 2.75) is 26.1 Å². The minimum atomic E-state index is -4.14. The molecule has 1 aliphatic heterocycles. The molecule has 1 aromatic rings. The van der Waals surface area contributed by atoms with Gasteiger partial charge in [-0.3, -0.25) is 4.90 Å². The van der Waals surface area contributed by atoms with Crippen molar-refractivity contribution in [1.82, 2.24) is 15.2 Å². The zero-order valence-corrected chi connectivity index (χ0v) is 12.1. The Balaban J connectivity index is 1.79. The molecule has 1 aliphatic rings. The maximum absolute atomic E-state index is 12.3. The second kappa shape index (κ2) is 7.13. The quantitative estimate of drug-likeness (QED) is 0.813. The number of halogens is 3. The Bertz CT molecular complexity index is 427. The summed E-state index contributed by atoms with van der Waals surface area (Å²) in [6.45, 7) is 4.53. The monoisotopic (exact) mass is 306 g/mol. The largest absolute Gasteiger partial charge is 0.432 e. The number of oxazole rings is 1.